The van der Waals surface area contributed by atoms with E-state index in [4.69, 9.17) is 0 Å². The summed E-state index contributed by atoms with van der Waals surface area (Å²) < 4.78 is 0. The second kappa shape index (κ2) is 5.56. The predicted octanol–water partition coefficient (Wildman–Crippen LogP) is 1.55. The third kappa shape index (κ3) is 5.22. The number of aliphatic hydroxyl groups is 2. The SMILES string of the molecule is CCCC(O)CC(O)C(C)C. The second-order valence-corrected chi connectivity index (χ2v) is 3.49. The molecule has 0 aromatic heterocycles. The molecule has 0 spiro atoms. The first-order chi connectivity index (χ1) is 5.07. The summed E-state index contributed by atoms with van der Waals surface area (Å²) in [5, 5.41) is 18.7. The number of hydrogen-bond acceptors (Lipinski definition) is 2. The fourth-order valence-corrected chi connectivity index (χ4v) is 1.00. The topological polar surface area (TPSA) is 40.5 Å². The van der Waals surface area contributed by atoms with Crippen molar-refractivity contribution in [1.82, 2.24) is 0 Å². The third-order valence-electron chi connectivity index (χ3n) is 1.91. The summed E-state index contributed by atoms with van der Waals surface area (Å²) in [7, 11) is 0. The zero-order valence-electron chi connectivity index (χ0n) is 7.75. The van der Waals surface area contributed by atoms with E-state index in [1.54, 1.807) is 0 Å². The minimum absolute atomic E-state index is 0.251. The molecule has 11 heavy (non-hydrogen) atoms. The van der Waals surface area contributed by atoms with Gasteiger partial charge in [0.05, 0.1) is 12.2 Å². The molecule has 2 N–H and O–H groups in total. The Balaban J connectivity index is 3.48. The van der Waals surface area contributed by atoms with Crippen LogP contribution in [0, 0.1) is 5.92 Å². The molecule has 0 aliphatic heterocycles. The molecule has 0 aromatic rings. The average molecular weight is 160 g/mol. The molecular weight excluding hydrogens is 140 g/mol. The standard InChI is InChI=1S/C9H20O2/c1-4-5-8(10)6-9(11)7(2)3/h7-11H,4-6H2,1-3H3. The Kier molecular flexibility index (Phi) is 5.51. The maximum atomic E-state index is 9.36. The van der Waals surface area contributed by atoms with Crippen LogP contribution in [0.3, 0.4) is 0 Å². The van der Waals surface area contributed by atoms with Crippen LogP contribution in [-0.4, -0.2) is 22.4 Å². The van der Waals surface area contributed by atoms with E-state index in [1.165, 1.54) is 0 Å². The van der Waals surface area contributed by atoms with Gasteiger partial charge in [0.2, 0.25) is 0 Å². The van der Waals surface area contributed by atoms with Crippen LogP contribution < -0.4 is 0 Å². The molecule has 0 aromatic carbocycles. The summed E-state index contributed by atoms with van der Waals surface area (Å²) in [5.41, 5.74) is 0. The van der Waals surface area contributed by atoms with Gasteiger partial charge >= 0.3 is 0 Å². The van der Waals surface area contributed by atoms with E-state index in [1.807, 2.05) is 20.8 Å². The maximum Gasteiger partial charge on any atom is 0.0587 e. The Morgan fingerprint density at radius 3 is 2.09 bits per heavy atom. The van der Waals surface area contributed by atoms with Crippen LogP contribution in [0.1, 0.15) is 40.0 Å². The smallest absolute Gasteiger partial charge is 0.0587 e. The second-order valence-electron chi connectivity index (χ2n) is 3.49. The van der Waals surface area contributed by atoms with Gasteiger partial charge in [-0.15, -0.1) is 0 Å². The Morgan fingerprint density at radius 2 is 1.73 bits per heavy atom. The van der Waals surface area contributed by atoms with E-state index in [0.29, 0.717) is 6.42 Å². The highest BCUT2D eigenvalue weighted by atomic mass is 16.3. The summed E-state index contributed by atoms with van der Waals surface area (Å²) >= 11 is 0. The number of hydrogen-bond donors (Lipinski definition) is 2. The summed E-state index contributed by atoms with van der Waals surface area (Å²) in [6, 6.07) is 0. The average Bonchev–Trinajstić information content (AvgIpc) is 1.87. The van der Waals surface area contributed by atoms with Crippen LogP contribution in [0.25, 0.3) is 0 Å². The molecule has 2 unspecified atom stereocenters. The molecule has 0 aliphatic rings. The molecular formula is C9H20O2. The van der Waals surface area contributed by atoms with Crippen LogP contribution in [0.15, 0.2) is 0 Å². The number of aliphatic hydroxyl groups excluding tert-OH is 2. The minimum Gasteiger partial charge on any atom is -0.393 e. The predicted molar refractivity (Wildman–Crippen MR) is 46.4 cm³/mol. The third-order valence-corrected chi connectivity index (χ3v) is 1.91. The van der Waals surface area contributed by atoms with Gasteiger partial charge in [-0.2, -0.15) is 0 Å². The zero-order chi connectivity index (χ0) is 8.85. The van der Waals surface area contributed by atoms with E-state index < -0.39 is 0 Å². The van der Waals surface area contributed by atoms with Crippen molar-refractivity contribution in [2.45, 2.75) is 52.2 Å². The fourth-order valence-electron chi connectivity index (χ4n) is 1.00. The van der Waals surface area contributed by atoms with Gasteiger partial charge in [0.1, 0.15) is 0 Å². The molecule has 0 bridgehead atoms. The van der Waals surface area contributed by atoms with Crippen molar-refractivity contribution in [1.29, 1.82) is 0 Å². The molecule has 2 atom stereocenters. The molecule has 0 heterocycles. The van der Waals surface area contributed by atoms with E-state index >= 15 is 0 Å². The Labute approximate surface area is 69.2 Å². The van der Waals surface area contributed by atoms with Crippen molar-refractivity contribution in [2.75, 3.05) is 0 Å². The molecule has 0 saturated carbocycles. The van der Waals surface area contributed by atoms with Gasteiger partial charge in [-0.05, 0) is 18.8 Å². The lowest BCUT2D eigenvalue weighted by atomic mass is 9.99. The molecule has 2 heteroatoms. The van der Waals surface area contributed by atoms with E-state index in [2.05, 4.69) is 0 Å². The van der Waals surface area contributed by atoms with E-state index in [-0.39, 0.29) is 18.1 Å². The van der Waals surface area contributed by atoms with Crippen molar-refractivity contribution in [3.63, 3.8) is 0 Å². The van der Waals surface area contributed by atoms with Gasteiger partial charge in [0.15, 0.2) is 0 Å². The molecule has 2 nitrogen and oxygen atoms in total. The fraction of sp³-hybridized carbons (Fsp3) is 1.00. The highest BCUT2D eigenvalue weighted by Crippen LogP contribution is 2.11. The molecule has 0 rings (SSSR count). The van der Waals surface area contributed by atoms with Crippen molar-refractivity contribution >= 4 is 0 Å². The largest absolute Gasteiger partial charge is 0.393 e. The summed E-state index contributed by atoms with van der Waals surface area (Å²) in [6.07, 6.45) is 1.62. The van der Waals surface area contributed by atoms with E-state index in [0.717, 1.165) is 12.8 Å². The van der Waals surface area contributed by atoms with Gasteiger partial charge in [-0.1, -0.05) is 27.2 Å². The molecule has 68 valence electrons. The van der Waals surface area contributed by atoms with Crippen LogP contribution in [0.5, 0.6) is 0 Å². The minimum atomic E-state index is -0.350. The van der Waals surface area contributed by atoms with Crippen molar-refractivity contribution in [2.24, 2.45) is 5.92 Å². The van der Waals surface area contributed by atoms with Crippen LogP contribution >= 0.6 is 0 Å². The lowest BCUT2D eigenvalue weighted by Gasteiger charge is -2.17. The molecule has 0 radical (unpaired) electrons. The summed E-state index contributed by atoms with van der Waals surface area (Å²) in [5.74, 6) is 0.251. The quantitative estimate of drug-likeness (QED) is 0.640. The molecule has 0 aliphatic carbocycles. The highest BCUT2D eigenvalue weighted by molar-refractivity contribution is 4.65. The van der Waals surface area contributed by atoms with Gasteiger partial charge < -0.3 is 10.2 Å². The lowest BCUT2D eigenvalue weighted by molar-refractivity contribution is 0.0497. The monoisotopic (exact) mass is 160 g/mol. The normalized spacial score (nSPS) is 16.9. The van der Waals surface area contributed by atoms with Gasteiger partial charge in [0.25, 0.3) is 0 Å². The molecule has 0 fully saturated rings. The van der Waals surface area contributed by atoms with Crippen molar-refractivity contribution in [3.8, 4) is 0 Å². The molecule has 0 amide bonds. The Hall–Kier alpha value is -0.0800. The zero-order valence-corrected chi connectivity index (χ0v) is 7.75. The first kappa shape index (κ1) is 10.9. The van der Waals surface area contributed by atoms with Gasteiger partial charge in [0, 0.05) is 0 Å². The summed E-state index contributed by atoms with van der Waals surface area (Å²) in [6.45, 7) is 5.96. The lowest BCUT2D eigenvalue weighted by Crippen LogP contribution is -2.22. The van der Waals surface area contributed by atoms with Gasteiger partial charge in [-0.25, -0.2) is 0 Å². The van der Waals surface area contributed by atoms with Crippen molar-refractivity contribution in [3.05, 3.63) is 0 Å². The Bertz CT molecular complexity index is 91.6. The molecule has 0 saturated heterocycles. The summed E-state index contributed by atoms with van der Waals surface area (Å²) in [4.78, 5) is 0. The van der Waals surface area contributed by atoms with E-state index in [9.17, 15) is 10.2 Å². The maximum absolute atomic E-state index is 9.36. The van der Waals surface area contributed by atoms with Crippen LogP contribution in [0.4, 0.5) is 0 Å². The first-order valence-corrected chi connectivity index (χ1v) is 4.44. The number of rotatable bonds is 5. The van der Waals surface area contributed by atoms with Gasteiger partial charge in [-0.3, -0.25) is 0 Å². The first-order valence-electron chi connectivity index (χ1n) is 4.44. The van der Waals surface area contributed by atoms with Crippen LogP contribution in [0.2, 0.25) is 0 Å². The van der Waals surface area contributed by atoms with Crippen molar-refractivity contribution < 1.29 is 10.2 Å². The van der Waals surface area contributed by atoms with Crippen LogP contribution in [-0.2, 0) is 0 Å². The highest BCUT2D eigenvalue weighted by Gasteiger charge is 2.13. The Morgan fingerprint density at radius 1 is 1.18 bits per heavy atom.